The van der Waals surface area contributed by atoms with Gasteiger partial charge in [0.15, 0.2) is 5.78 Å². The smallest absolute Gasteiger partial charge is 0.410 e. The Hall–Kier alpha value is -3.59. The summed E-state index contributed by atoms with van der Waals surface area (Å²) in [5.74, 6) is 1.40. The molecular weight excluding hydrogens is 572 g/mol. The van der Waals surface area contributed by atoms with Crippen molar-refractivity contribution in [3.05, 3.63) is 82.9 Å². The van der Waals surface area contributed by atoms with E-state index >= 15 is 0 Å². The number of ether oxygens (including phenoxy) is 3. The number of carbonyl (C=O) groups is 2. The molecule has 220 valence electrons. The number of carbonyl (C=O) groups excluding carboxylic acids is 2. The van der Waals surface area contributed by atoms with Crippen LogP contribution in [0.1, 0.15) is 36.7 Å². The highest BCUT2D eigenvalue weighted by atomic mass is 35.5. The summed E-state index contributed by atoms with van der Waals surface area (Å²) in [6.07, 6.45) is -0.261. The van der Waals surface area contributed by atoms with Crippen molar-refractivity contribution in [1.82, 2.24) is 9.80 Å². The fourth-order valence-electron chi connectivity index (χ4n) is 4.85. The van der Waals surface area contributed by atoms with Crippen molar-refractivity contribution in [2.24, 2.45) is 0 Å². The van der Waals surface area contributed by atoms with E-state index in [2.05, 4.69) is 4.90 Å². The highest BCUT2D eigenvalue weighted by Crippen LogP contribution is 2.41. The summed E-state index contributed by atoms with van der Waals surface area (Å²) in [4.78, 5) is 31.1. The number of rotatable bonds is 8. The van der Waals surface area contributed by atoms with Crippen molar-refractivity contribution in [1.29, 1.82) is 0 Å². The van der Waals surface area contributed by atoms with Gasteiger partial charge in [0.05, 0.1) is 7.11 Å². The Kier molecular flexibility index (Phi) is 9.06. The second-order valence-electron chi connectivity index (χ2n) is 11.2. The number of fused-ring (bicyclic) bond motifs is 1. The maximum atomic E-state index is 13.9. The van der Waals surface area contributed by atoms with Crippen LogP contribution in [0.5, 0.6) is 11.5 Å². The van der Waals surface area contributed by atoms with E-state index in [9.17, 15) is 9.59 Å². The molecule has 1 aliphatic rings. The number of amides is 1. The number of benzene rings is 3. The van der Waals surface area contributed by atoms with Gasteiger partial charge < -0.3 is 19.1 Å². The first kappa shape index (κ1) is 29.9. The largest absolute Gasteiger partial charge is 0.497 e. The second-order valence-corrected chi connectivity index (χ2v) is 12.7. The van der Waals surface area contributed by atoms with Crippen molar-refractivity contribution in [2.75, 3.05) is 46.4 Å². The van der Waals surface area contributed by atoms with Crippen LogP contribution in [0, 0.1) is 0 Å². The zero-order valence-corrected chi connectivity index (χ0v) is 25.9. The minimum atomic E-state index is -0.493. The number of nitrogens with zero attached hydrogens (tertiary/aromatic N) is 2. The van der Waals surface area contributed by atoms with Gasteiger partial charge in [-0.05, 0) is 80.9 Å². The number of halogens is 1. The van der Waals surface area contributed by atoms with Gasteiger partial charge in [0.1, 0.15) is 23.7 Å². The minimum absolute atomic E-state index is 0.0502. The minimum Gasteiger partial charge on any atom is -0.497 e. The lowest BCUT2D eigenvalue weighted by atomic mass is 9.97. The van der Waals surface area contributed by atoms with E-state index in [1.165, 1.54) is 0 Å². The number of ketones is 1. The molecular formula is C33H35ClN2O5S. The van der Waals surface area contributed by atoms with E-state index in [1.807, 2.05) is 87.5 Å². The number of hydrogen-bond donors (Lipinski definition) is 0. The van der Waals surface area contributed by atoms with Gasteiger partial charge in [0, 0.05) is 63.8 Å². The maximum Gasteiger partial charge on any atom is 0.410 e. The lowest BCUT2D eigenvalue weighted by Crippen LogP contribution is -2.50. The summed E-state index contributed by atoms with van der Waals surface area (Å²) >= 11 is 7.70. The molecule has 7 nitrogen and oxygen atoms in total. The lowest BCUT2D eigenvalue weighted by molar-refractivity contribution is 0.0137. The second kappa shape index (κ2) is 12.7. The van der Waals surface area contributed by atoms with Gasteiger partial charge in [-0.25, -0.2) is 4.79 Å². The Bertz CT molecular complexity index is 1550. The van der Waals surface area contributed by atoms with Gasteiger partial charge in [-0.1, -0.05) is 23.7 Å². The molecule has 4 aromatic rings. The van der Waals surface area contributed by atoms with Crippen LogP contribution in [0.4, 0.5) is 4.79 Å². The molecule has 0 N–H and O–H groups in total. The summed E-state index contributed by atoms with van der Waals surface area (Å²) in [5.41, 5.74) is 1.70. The van der Waals surface area contributed by atoms with Crippen LogP contribution in [-0.4, -0.2) is 73.7 Å². The van der Waals surface area contributed by atoms with E-state index in [0.29, 0.717) is 41.6 Å². The van der Waals surface area contributed by atoms with Crippen molar-refractivity contribution >= 4 is 44.9 Å². The quantitative estimate of drug-likeness (QED) is 0.195. The standard InChI is InChI=1S/C33H35ClN2O5S/c1-33(2,3)41-32(38)36-17-15-35(16-18-36)19-20-40-25-11-7-22(8-12-25)30(37)29-27-14-13-26(39-4)21-28(27)42-31(29)23-5-9-24(34)10-6-23/h5-14,21H,15-20H2,1-4H3. The molecule has 1 saturated heterocycles. The first-order chi connectivity index (χ1) is 20.1. The number of thiophene rings is 1. The van der Waals surface area contributed by atoms with E-state index in [4.69, 9.17) is 25.8 Å². The molecule has 0 bridgehead atoms. The molecule has 0 atom stereocenters. The van der Waals surface area contributed by atoms with Crippen molar-refractivity contribution in [3.63, 3.8) is 0 Å². The Morgan fingerprint density at radius 3 is 2.21 bits per heavy atom. The van der Waals surface area contributed by atoms with Crippen LogP contribution < -0.4 is 9.47 Å². The van der Waals surface area contributed by atoms with Crippen molar-refractivity contribution in [2.45, 2.75) is 26.4 Å². The topological polar surface area (TPSA) is 68.3 Å². The molecule has 42 heavy (non-hydrogen) atoms. The van der Waals surface area contributed by atoms with Crippen LogP contribution >= 0.6 is 22.9 Å². The third-order valence-corrected chi connectivity index (χ3v) is 8.50. The fourth-order valence-corrected chi connectivity index (χ4v) is 6.21. The molecule has 0 spiro atoms. The highest BCUT2D eigenvalue weighted by Gasteiger charge is 2.26. The van der Waals surface area contributed by atoms with Gasteiger partial charge in [-0.2, -0.15) is 0 Å². The first-order valence-electron chi connectivity index (χ1n) is 14.0. The maximum absolute atomic E-state index is 13.9. The molecule has 2 heterocycles. The Balaban J connectivity index is 1.23. The summed E-state index contributed by atoms with van der Waals surface area (Å²) in [6, 6.07) is 20.7. The molecule has 9 heteroatoms. The molecule has 0 saturated carbocycles. The molecule has 1 fully saturated rings. The van der Waals surface area contributed by atoms with Crippen LogP contribution in [0.2, 0.25) is 5.02 Å². The zero-order valence-electron chi connectivity index (χ0n) is 24.3. The number of piperazine rings is 1. The average molecular weight is 607 g/mol. The van der Waals surface area contributed by atoms with Crippen molar-refractivity contribution < 1.29 is 23.8 Å². The summed E-state index contributed by atoms with van der Waals surface area (Å²) in [7, 11) is 1.64. The zero-order chi connectivity index (χ0) is 29.9. The number of methoxy groups -OCH3 is 1. The van der Waals surface area contributed by atoms with Crippen molar-refractivity contribution in [3.8, 4) is 21.9 Å². The predicted octanol–water partition coefficient (Wildman–Crippen LogP) is 7.39. The van der Waals surface area contributed by atoms with Crippen LogP contribution in [0.15, 0.2) is 66.7 Å². The molecule has 1 aromatic heterocycles. The van der Waals surface area contributed by atoms with Crippen LogP contribution in [-0.2, 0) is 4.74 Å². The summed E-state index contributed by atoms with van der Waals surface area (Å²) in [6.45, 7) is 9.69. The molecule has 1 amide bonds. The highest BCUT2D eigenvalue weighted by molar-refractivity contribution is 7.22. The van der Waals surface area contributed by atoms with Gasteiger partial charge in [-0.15, -0.1) is 11.3 Å². The van der Waals surface area contributed by atoms with Crippen LogP contribution in [0.25, 0.3) is 20.5 Å². The SMILES string of the molecule is COc1ccc2c(C(=O)c3ccc(OCCN4CCN(C(=O)OC(C)(C)C)CC4)cc3)c(-c3ccc(Cl)cc3)sc2c1. The van der Waals surface area contributed by atoms with E-state index in [0.717, 1.165) is 45.9 Å². The lowest BCUT2D eigenvalue weighted by Gasteiger charge is -2.35. The van der Waals surface area contributed by atoms with E-state index < -0.39 is 5.60 Å². The molecule has 0 radical (unpaired) electrons. The monoisotopic (exact) mass is 606 g/mol. The van der Waals surface area contributed by atoms with Crippen LogP contribution in [0.3, 0.4) is 0 Å². The predicted molar refractivity (Wildman–Crippen MR) is 168 cm³/mol. The molecule has 5 rings (SSSR count). The fraction of sp³-hybridized carbons (Fsp3) is 0.333. The summed E-state index contributed by atoms with van der Waals surface area (Å²) in [5, 5.41) is 1.54. The Morgan fingerprint density at radius 1 is 0.905 bits per heavy atom. The summed E-state index contributed by atoms with van der Waals surface area (Å²) < 4.78 is 17.9. The van der Waals surface area contributed by atoms with E-state index in [-0.39, 0.29) is 11.9 Å². The molecule has 0 unspecified atom stereocenters. The van der Waals surface area contributed by atoms with Gasteiger partial charge in [0.25, 0.3) is 0 Å². The van der Waals surface area contributed by atoms with Gasteiger partial charge in [0.2, 0.25) is 0 Å². The van der Waals surface area contributed by atoms with Gasteiger partial charge >= 0.3 is 6.09 Å². The van der Waals surface area contributed by atoms with E-state index in [1.54, 1.807) is 23.3 Å². The number of hydrogen-bond acceptors (Lipinski definition) is 7. The first-order valence-corrected chi connectivity index (χ1v) is 15.1. The molecule has 0 aliphatic carbocycles. The Morgan fingerprint density at radius 2 is 1.57 bits per heavy atom. The third-order valence-electron chi connectivity index (χ3n) is 7.05. The molecule has 3 aromatic carbocycles. The Labute approximate surface area is 255 Å². The third kappa shape index (κ3) is 7.06. The average Bonchev–Trinajstić information content (AvgIpc) is 3.35. The normalized spacial score (nSPS) is 14.2. The molecule has 1 aliphatic heterocycles. The van der Waals surface area contributed by atoms with Gasteiger partial charge in [-0.3, -0.25) is 9.69 Å².